The third-order valence-electron chi connectivity index (χ3n) is 3.15. The predicted molar refractivity (Wildman–Crippen MR) is 84.8 cm³/mol. The van der Waals surface area contributed by atoms with E-state index >= 15 is 0 Å². The molecule has 20 heavy (non-hydrogen) atoms. The number of halogens is 1. The standard InChI is InChI=1S/C15H23BrN2O2/c1-4-7-18(10-15(2,3)9-17)14(20)11-5-6-12(16)13(19)8-11/h5-6,8,19H,4,7,9-10,17H2,1-3H3. The Morgan fingerprint density at radius 3 is 2.60 bits per heavy atom. The second-order valence-electron chi connectivity index (χ2n) is 5.76. The number of phenolic OH excluding ortho intramolecular Hbond substituents is 1. The number of carbonyl (C=O) groups is 1. The fraction of sp³-hybridized carbons (Fsp3) is 0.533. The predicted octanol–water partition coefficient (Wildman–Crippen LogP) is 2.99. The lowest BCUT2D eigenvalue weighted by Gasteiger charge is -2.31. The van der Waals surface area contributed by atoms with Crippen molar-refractivity contribution in [2.24, 2.45) is 11.1 Å². The molecule has 0 saturated carbocycles. The van der Waals surface area contributed by atoms with E-state index in [9.17, 15) is 9.90 Å². The molecule has 0 spiro atoms. The zero-order valence-corrected chi connectivity index (χ0v) is 13.9. The average molecular weight is 343 g/mol. The maximum atomic E-state index is 12.6. The summed E-state index contributed by atoms with van der Waals surface area (Å²) in [5, 5.41) is 9.70. The monoisotopic (exact) mass is 342 g/mol. The zero-order chi connectivity index (χ0) is 15.3. The topological polar surface area (TPSA) is 66.6 Å². The fourth-order valence-electron chi connectivity index (χ4n) is 1.93. The molecule has 112 valence electrons. The lowest BCUT2D eigenvalue weighted by Crippen LogP contribution is -2.42. The third-order valence-corrected chi connectivity index (χ3v) is 3.82. The van der Waals surface area contributed by atoms with Gasteiger partial charge in [-0.05, 0) is 52.5 Å². The summed E-state index contributed by atoms with van der Waals surface area (Å²) in [5.74, 6) is 0.00144. The molecule has 0 aliphatic rings. The number of phenols is 1. The molecule has 1 rings (SSSR count). The molecule has 0 aliphatic carbocycles. The molecule has 0 saturated heterocycles. The minimum atomic E-state index is -0.123. The van der Waals surface area contributed by atoms with Gasteiger partial charge < -0.3 is 15.7 Å². The van der Waals surface area contributed by atoms with Gasteiger partial charge in [-0.3, -0.25) is 4.79 Å². The molecular formula is C15H23BrN2O2. The Kier molecular flexibility index (Phi) is 6.02. The van der Waals surface area contributed by atoms with Crippen molar-refractivity contribution in [2.75, 3.05) is 19.6 Å². The Morgan fingerprint density at radius 2 is 2.10 bits per heavy atom. The van der Waals surface area contributed by atoms with Crippen molar-refractivity contribution >= 4 is 21.8 Å². The van der Waals surface area contributed by atoms with Crippen molar-refractivity contribution in [1.82, 2.24) is 4.90 Å². The number of aromatic hydroxyl groups is 1. The summed E-state index contributed by atoms with van der Waals surface area (Å²) in [6, 6.07) is 4.88. The minimum Gasteiger partial charge on any atom is -0.507 e. The average Bonchev–Trinajstić information content (AvgIpc) is 2.40. The zero-order valence-electron chi connectivity index (χ0n) is 12.3. The van der Waals surface area contributed by atoms with E-state index in [1.807, 2.05) is 20.8 Å². The van der Waals surface area contributed by atoms with Gasteiger partial charge in [-0.15, -0.1) is 0 Å². The molecule has 3 N–H and O–H groups in total. The molecule has 0 aliphatic heterocycles. The van der Waals surface area contributed by atoms with Gasteiger partial charge in [-0.25, -0.2) is 0 Å². The number of hydrogen-bond donors (Lipinski definition) is 2. The quantitative estimate of drug-likeness (QED) is 0.834. The number of nitrogens with zero attached hydrogens (tertiary/aromatic N) is 1. The lowest BCUT2D eigenvalue weighted by atomic mass is 9.92. The number of rotatable bonds is 6. The van der Waals surface area contributed by atoms with Crippen LogP contribution in [0.1, 0.15) is 37.6 Å². The maximum Gasteiger partial charge on any atom is 0.254 e. The smallest absolute Gasteiger partial charge is 0.254 e. The molecule has 4 nitrogen and oxygen atoms in total. The van der Waals surface area contributed by atoms with Gasteiger partial charge >= 0.3 is 0 Å². The van der Waals surface area contributed by atoms with Crippen molar-refractivity contribution in [2.45, 2.75) is 27.2 Å². The highest BCUT2D eigenvalue weighted by Crippen LogP contribution is 2.25. The van der Waals surface area contributed by atoms with E-state index in [0.29, 0.717) is 29.7 Å². The summed E-state index contributed by atoms with van der Waals surface area (Å²) in [6.45, 7) is 7.93. The largest absolute Gasteiger partial charge is 0.507 e. The Bertz CT molecular complexity index is 475. The molecule has 0 heterocycles. The second kappa shape index (κ2) is 7.09. The molecule has 0 unspecified atom stereocenters. The van der Waals surface area contributed by atoms with Crippen LogP contribution in [-0.4, -0.2) is 35.5 Å². The van der Waals surface area contributed by atoms with Crippen molar-refractivity contribution in [3.05, 3.63) is 28.2 Å². The van der Waals surface area contributed by atoms with E-state index in [1.54, 1.807) is 17.0 Å². The van der Waals surface area contributed by atoms with Gasteiger partial charge in [0.2, 0.25) is 0 Å². The first-order chi connectivity index (χ1) is 9.30. The van der Waals surface area contributed by atoms with Crippen LogP contribution in [0.3, 0.4) is 0 Å². The molecule has 1 aromatic rings. The highest BCUT2D eigenvalue weighted by Gasteiger charge is 2.24. The summed E-state index contributed by atoms with van der Waals surface area (Å²) in [6.07, 6.45) is 0.884. The van der Waals surface area contributed by atoms with Crippen LogP contribution < -0.4 is 5.73 Å². The summed E-state index contributed by atoms with van der Waals surface area (Å²) in [4.78, 5) is 14.4. The molecule has 0 radical (unpaired) electrons. The summed E-state index contributed by atoms with van der Waals surface area (Å²) in [7, 11) is 0. The second-order valence-corrected chi connectivity index (χ2v) is 6.62. The normalized spacial score (nSPS) is 11.4. The summed E-state index contributed by atoms with van der Waals surface area (Å²) >= 11 is 3.21. The highest BCUT2D eigenvalue weighted by molar-refractivity contribution is 9.10. The first-order valence-electron chi connectivity index (χ1n) is 6.78. The number of hydrogen-bond acceptors (Lipinski definition) is 3. The summed E-state index contributed by atoms with van der Waals surface area (Å²) in [5.41, 5.74) is 6.12. The van der Waals surface area contributed by atoms with Gasteiger partial charge in [0, 0.05) is 18.7 Å². The lowest BCUT2D eigenvalue weighted by molar-refractivity contribution is 0.0689. The molecule has 5 heteroatoms. The highest BCUT2D eigenvalue weighted by atomic mass is 79.9. The third kappa shape index (κ3) is 4.49. The molecular weight excluding hydrogens is 320 g/mol. The first-order valence-corrected chi connectivity index (χ1v) is 7.58. The van der Waals surface area contributed by atoms with Crippen molar-refractivity contribution < 1.29 is 9.90 Å². The van der Waals surface area contributed by atoms with Crippen LogP contribution in [0.2, 0.25) is 0 Å². The Labute approximate surface area is 129 Å². The Balaban J connectivity index is 2.96. The van der Waals surface area contributed by atoms with Gasteiger partial charge in [0.1, 0.15) is 5.75 Å². The van der Waals surface area contributed by atoms with Crippen LogP contribution >= 0.6 is 15.9 Å². The number of benzene rings is 1. The Hall–Kier alpha value is -1.07. The van der Waals surface area contributed by atoms with Crippen molar-refractivity contribution in [3.63, 3.8) is 0 Å². The molecule has 1 amide bonds. The van der Waals surface area contributed by atoms with E-state index < -0.39 is 0 Å². The van der Waals surface area contributed by atoms with Gasteiger partial charge in [-0.1, -0.05) is 20.8 Å². The van der Waals surface area contributed by atoms with Gasteiger partial charge in [0.25, 0.3) is 5.91 Å². The number of carbonyl (C=O) groups excluding carboxylic acids is 1. The maximum absolute atomic E-state index is 12.6. The van der Waals surface area contributed by atoms with E-state index in [1.165, 1.54) is 6.07 Å². The van der Waals surface area contributed by atoms with Crippen LogP contribution in [-0.2, 0) is 0 Å². The molecule has 1 aromatic carbocycles. The van der Waals surface area contributed by atoms with E-state index in [2.05, 4.69) is 15.9 Å². The van der Waals surface area contributed by atoms with Crippen LogP contribution in [0.4, 0.5) is 0 Å². The van der Waals surface area contributed by atoms with E-state index in [0.717, 1.165) is 6.42 Å². The van der Waals surface area contributed by atoms with Crippen LogP contribution in [0, 0.1) is 5.41 Å². The van der Waals surface area contributed by atoms with Crippen LogP contribution in [0.15, 0.2) is 22.7 Å². The molecule has 0 fully saturated rings. The first kappa shape index (κ1) is 17.0. The van der Waals surface area contributed by atoms with E-state index in [4.69, 9.17) is 5.73 Å². The van der Waals surface area contributed by atoms with E-state index in [-0.39, 0.29) is 17.1 Å². The van der Waals surface area contributed by atoms with Gasteiger partial charge in [0.15, 0.2) is 0 Å². The minimum absolute atomic E-state index is 0.0730. The molecule has 0 bridgehead atoms. The van der Waals surface area contributed by atoms with Crippen LogP contribution in [0.25, 0.3) is 0 Å². The SMILES string of the molecule is CCCN(CC(C)(C)CN)C(=O)c1ccc(Br)c(O)c1. The van der Waals surface area contributed by atoms with Crippen molar-refractivity contribution in [1.29, 1.82) is 0 Å². The van der Waals surface area contributed by atoms with Gasteiger partial charge in [0.05, 0.1) is 4.47 Å². The number of nitrogens with two attached hydrogens (primary N) is 1. The van der Waals surface area contributed by atoms with Crippen LogP contribution in [0.5, 0.6) is 5.75 Å². The molecule has 0 aromatic heterocycles. The fourth-order valence-corrected chi connectivity index (χ4v) is 2.18. The van der Waals surface area contributed by atoms with Gasteiger partial charge in [-0.2, -0.15) is 0 Å². The Morgan fingerprint density at radius 1 is 1.45 bits per heavy atom. The summed E-state index contributed by atoms with van der Waals surface area (Å²) < 4.78 is 0.582. The molecule has 0 atom stereocenters. The van der Waals surface area contributed by atoms with Crippen molar-refractivity contribution in [3.8, 4) is 5.75 Å². The number of amides is 1.